The van der Waals surface area contributed by atoms with Gasteiger partial charge in [-0.15, -0.1) is 11.3 Å². The molecule has 0 saturated carbocycles. The van der Waals surface area contributed by atoms with Crippen molar-refractivity contribution in [2.75, 3.05) is 0 Å². The molecule has 0 bridgehead atoms. The zero-order chi connectivity index (χ0) is 17.5. The van der Waals surface area contributed by atoms with E-state index < -0.39 is 0 Å². The largest absolute Gasteiger partial charge is 0.489 e. The maximum atomic E-state index is 12.2. The fourth-order valence-corrected chi connectivity index (χ4v) is 3.14. The van der Waals surface area contributed by atoms with Crippen LogP contribution in [0.4, 0.5) is 0 Å². The van der Waals surface area contributed by atoms with Crippen molar-refractivity contribution in [1.29, 1.82) is 0 Å². The summed E-state index contributed by atoms with van der Waals surface area (Å²) in [6.45, 7) is 2.60. The van der Waals surface area contributed by atoms with E-state index in [9.17, 15) is 4.79 Å². The van der Waals surface area contributed by atoms with E-state index in [1.165, 1.54) is 4.88 Å². The molecule has 2 aromatic heterocycles. The smallest absolute Gasteiger partial charge is 0.195 e. The molecule has 126 valence electrons. The first kappa shape index (κ1) is 17.1. The molecule has 0 amide bonds. The third kappa shape index (κ3) is 4.88. The average Bonchev–Trinajstić information content (AvgIpc) is 3.15. The molecule has 1 aromatic carbocycles. The van der Waals surface area contributed by atoms with E-state index in [-0.39, 0.29) is 5.78 Å². The minimum Gasteiger partial charge on any atom is -0.489 e. The molecule has 0 aliphatic heterocycles. The van der Waals surface area contributed by atoms with Crippen LogP contribution < -0.4 is 4.74 Å². The van der Waals surface area contributed by atoms with Crippen LogP contribution in [0.25, 0.3) is 6.08 Å². The summed E-state index contributed by atoms with van der Waals surface area (Å²) in [6, 6.07) is 15.5. The Labute approximate surface area is 151 Å². The van der Waals surface area contributed by atoms with Gasteiger partial charge in [0.05, 0.1) is 4.88 Å². The zero-order valence-corrected chi connectivity index (χ0v) is 14.8. The number of hydrogen-bond donors (Lipinski definition) is 0. The molecule has 0 N–H and O–H groups in total. The van der Waals surface area contributed by atoms with Crippen LogP contribution in [-0.2, 0) is 13.0 Å². The number of hydrogen-bond acceptors (Lipinski definition) is 4. The molecule has 3 nitrogen and oxygen atoms in total. The summed E-state index contributed by atoms with van der Waals surface area (Å²) < 4.78 is 5.74. The Kier molecular flexibility index (Phi) is 5.75. The lowest BCUT2D eigenvalue weighted by molar-refractivity contribution is 0.105. The number of thiophene rings is 1. The summed E-state index contributed by atoms with van der Waals surface area (Å²) >= 11 is 1.56. The summed E-state index contributed by atoms with van der Waals surface area (Å²) in [5.74, 6) is 0.842. The van der Waals surface area contributed by atoms with Crippen molar-refractivity contribution >= 4 is 23.2 Å². The Balaban J connectivity index is 1.57. The van der Waals surface area contributed by atoms with Crippen molar-refractivity contribution in [3.8, 4) is 5.75 Å². The van der Waals surface area contributed by atoms with Crippen molar-refractivity contribution in [3.05, 3.63) is 87.9 Å². The normalized spacial score (nSPS) is 10.9. The topological polar surface area (TPSA) is 39.2 Å². The second-order valence-electron chi connectivity index (χ2n) is 5.53. The van der Waals surface area contributed by atoms with Crippen LogP contribution in [-0.4, -0.2) is 10.8 Å². The molecular formula is C21H19NO2S. The fourth-order valence-electron chi connectivity index (χ4n) is 2.28. The molecule has 0 spiro atoms. The summed E-state index contributed by atoms with van der Waals surface area (Å²) in [5.41, 5.74) is 2.05. The number of rotatable bonds is 7. The first-order valence-corrected chi connectivity index (χ1v) is 8.99. The number of nitrogens with zero attached hydrogens (tertiary/aromatic N) is 1. The quantitative estimate of drug-likeness (QED) is 0.436. The molecule has 0 saturated heterocycles. The minimum absolute atomic E-state index is 0.0442. The Morgan fingerprint density at radius 3 is 2.52 bits per heavy atom. The molecule has 3 rings (SSSR count). The number of benzene rings is 1. The Hall–Kier alpha value is -2.72. The van der Waals surface area contributed by atoms with Crippen LogP contribution >= 0.6 is 11.3 Å². The van der Waals surface area contributed by atoms with Gasteiger partial charge in [-0.2, -0.15) is 0 Å². The van der Waals surface area contributed by atoms with E-state index in [4.69, 9.17) is 4.74 Å². The van der Waals surface area contributed by atoms with Gasteiger partial charge in [-0.25, -0.2) is 0 Å². The van der Waals surface area contributed by atoms with E-state index in [0.717, 1.165) is 28.2 Å². The lowest BCUT2D eigenvalue weighted by Gasteiger charge is -2.06. The van der Waals surface area contributed by atoms with Gasteiger partial charge < -0.3 is 4.74 Å². The summed E-state index contributed by atoms with van der Waals surface area (Å²) in [7, 11) is 0. The number of ketones is 1. The van der Waals surface area contributed by atoms with Gasteiger partial charge >= 0.3 is 0 Å². The van der Waals surface area contributed by atoms with Crippen LogP contribution in [0.5, 0.6) is 5.75 Å². The van der Waals surface area contributed by atoms with Crippen molar-refractivity contribution in [2.45, 2.75) is 20.0 Å². The predicted octanol–water partition coefficient (Wildman–Crippen LogP) is 5.18. The number of aromatic nitrogens is 1. The van der Waals surface area contributed by atoms with Crippen molar-refractivity contribution < 1.29 is 9.53 Å². The fraction of sp³-hybridized carbons (Fsp3) is 0.143. The lowest BCUT2D eigenvalue weighted by Crippen LogP contribution is -1.95. The lowest BCUT2D eigenvalue weighted by atomic mass is 10.2. The maximum Gasteiger partial charge on any atom is 0.195 e. The zero-order valence-electron chi connectivity index (χ0n) is 14.0. The first-order valence-electron chi connectivity index (χ1n) is 8.17. The van der Waals surface area contributed by atoms with Crippen LogP contribution in [0.3, 0.4) is 0 Å². The second kappa shape index (κ2) is 8.40. The Morgan fingerprint density at radius 1 is 1.08 bits per heavy atom. The van der Waals surface area contributed by atoms with E-state index in [0.29, 0.717) is 6.61 Å². The molecule has 3 aromatic rings. The predicted molar refractivity (Wildman–Crippen MR) is 102 cm³/mol. The standard InChI is InChI=1S/C21H19NO2S/c1-2-19-8-10-21(25-19)20(23)9-5-16-3-6-18(7-4-16)24-15-17-11-13-22-14-12-17/h3-14H,2,15H2,1H3/b9-5+. The second-order valence-corrected chi connectivity index (χ2v) is 6.70. The number of carbonyl (C=O) groups is 1. The van der Waals surface area contributed by atoms with Crippen LogP contribution in [0.15, 0.2) is 67.0 Å². The third-order valence-electron chi connectivity index (χ3n) is 3.72. The third-order valence-corrected chi connectivity index (χ3v) is 4.96. The Bertz CT molecular complexity index is 851. The van der Waals surface area contributed by atoms with E-state index in [2.05, 4.69) is 11.9 Å². The average molecular weight is 349 g/mol. The molecule has 0 fully saturated rings. The molecule has 0 unspecified atom stereocenters. The van der Waals surface area contributed by atoms with Gasteiger partial charge in [-0.05, 0) is 60.0 Å². The minimum atomic E-state index is 0.0442. The molecule has 0 aliphatic rings. The van der Waals surface area contributed by atoms with E-state index in [1.54, 1.807) is 29.8 Å². The monoisotopic (exact) mass is 349 g/mol. The van der Waals surface area contributed by atoms with Crippen LogP contribution in [0, 0.1) is 0 Å². The molecule has 25 heavy (non-hydrogen) atoms. The summed E-state index contributed by atoms with van der Waals surface area (Å²) in [6.07, 6.45) is 7.92. The van der Waals surface area contributed by atoms with Gasteiger partial charge in [0.25, 0.3) is 0 Å². The Morgan fingerprint density at radius 2 is 1.84 bits per heavy atom. The van der Waals surface area contributed by atoms with Gasteiger partial charge in [0.15, 0.2) is 5.78 Å². The molecule has 4 heteroatoms. The first-order chi connectivity index (χ1) is 12.2. The van der Waals surface area contributed by atoms with Crippen molar-refractivity contribution in [2.24, 2.45) is 0 Å². The number of ether oxygens (including phenoxy) is 1. The molecule has 0 aliphatic carbocycles. The van der Waals surface area contributed by atoms with Gasteiger partial charge in [-0.1, -0.05) is 25.1 Å². The maximum absolute atomic E-state index is 12.2. The SMILES string of the molecule is CCc1ccc(C(=O)/C=C/c2ccc(OCc3ccncc3)cc2)s1. The summed E-state index contributed by atoms with van der Waals surface area (Å²) in [4.78, 5) is 18.2. The van der Waals surface area contributed by atoms with Gasteiger partial charge in [0.2, 0.25) is 0 Å². The van der Waals surface area contributed by atoms with Gasteiger partial charge in [-0.3, -0.25) is 9.78 Å². The number of allylic oxidation sites excluding steroid dienone is 1. The van der Waals surface area contributed by atoms with Crippen LogP contribution in [0.1, 0.15) is 32.6 Å². The van der Waals surface area contributed by atoms with Crippen molar-refractivity contribution in [1.82, 2.24) is 4.98 Å². The van der Waals surface area contributed by atoms with Crippen LogP contribution in [0.2, 0.25) is 0 Å². The number of carbonyl (C=O) groups excluding carboxylic acids is 1. The van der Waals surface area contributed by atoms with Crippen molar-refractivity contribution in [3.63, 3.8) is 0 Å². The highest BCUT2D eigenvalue weighted by molar-refractivity contribution is 7.14. The van der Waals surface area contributed by atoms with Gasteiger partial charge in [0.1, 0.15) is 12.4 Å². The summed E-state index contributed by atoms with van der Waals surface area (Å²) in [5, 5.41) is 0. The molecule has 0 radical (unpaired) electrons. The number of aryl methyl sites for hydroxylation is 1. The van der Waals surface area contributed by atoms with E-state index in [1.807, 2.05) is 54.6 Å². The molecule has 2 heterocycles. The van der Waals surface area contributed by atoms with Gasteiger partial charge in [0, 0.05) is 17.3 Å². The highest BCUT2D eigenvalue weighted by Crippen LogP contribution is 2.19. The number of pyridine rings is 1. The molecular weight excluding hydrogens is 330 g/mol. The highest BCUT2D eigenvalue weighted by Gasteiger charge is 2.05. The molecule has 0 atom stereocenters. The van der Waals surface area contributed by atoms with E-state index >= 15 is 0 Å². The highest BCUT2D eigenvalue weighted by atomic mass is 32.1.